The van der Waals surface area contributed by atoms with Gasteiger partial charge in [-0.3, -0.25) is 0 Å². The summed E-state index contributed by atoms with van der Waals surface area (Å²) in [7, 11) is 0. The number of halogens is 1. The van der Waals surface area contributed by atoms with Crippen LogP contribution < -0.4 is 0 Å². The van der Waals surface area contributed by atoms with Crippen LogP contribution >= 0.6 is 15.9 Å². The zero-order chi connectivity index (χ0) is 17.7. The Morgan fingerprint density at radius 2 is 1.40 bits per heavy atom. The van der Waals surface area contributed by atoms with Crippen LogP contribution in [0.3, 0.4) is 0 Å². The Labute approximate surface area is 159 Å². The summed E-state index contributed by atoms with van der Waals surface area (Å²) in [5, 5.41) is 0. The van der Waals surface area contributed by atoms with E-state index < -0.39 is 0 Å². The van der Waals surface area contributed by atoms with Crippen LogP contribution in [0.4, 0.5) is 0 Å². The molecule has 0 bridgehead atoms. The van der Waals surface area contributed by atoms with E-state index in [1.54, 1.807) is 0 Å². The van der Waals surface area contributed by atoms with Gasteiger partial charge < -0.3 is 0 Å². The van der Waals surface area contributed by atoms with Gasteiger partial charge in [0.2, 0.25) is 0 Å². The summed E-state index contributed by atoms with van der Waals surface area (Å²) in [6.45, 7) is 9.19. The van der Waals surface area contributed by atoms with Crippen molar-refractivity contribution in [3.63, 3.8) is 0 Å². The maximum atomic E-state index is 3.72. The molecule has 0 fully saturated rings. The molecule has 2 aromatic rings. The van der Waals surface area contributed by atoms with Crippen LogP contribution in [0.1, 0.15) is 79.7 Å². The van der Waals surface area contributed by atoms with Gasteiger partial charge in [0.1, 0.15) is 0 Å². The molecule has 25 heavy (non-hydrogen) atoms. The Bertz CT molecular complexity index is 898. The molecule has 0 saturated heterocycles. The molecular formula is C24H25Br. The van der Waals surface area contributed by atoms with Crippen molar-refractivity contribution in [1.29, 1.82) is 0 Å². The zero-order valence-electron chi connectivity index (χ0n) is 15.4. The number of benzene rings is 2. The zero-order valence-corrected chi connectivity index (χ0v) is 17.0. The fourth-order valence-corrected chi connectivity index (χ4v) is 5.09. The molecule has 2 aliphatic carbocycles. The van der Waals surface area contributed by atoms with Crippen molar-refractivity contribution in [3.05, 3.63) is 79.8 Å². The van der Waals surface area contributed by atoms with Gasteiger partial charge in [0.25, 0.3) is 0 Å². The molecule has 0 aromatic heterocycles. The maximum absolute atomic E-state index is 3.72. The molecule has 1 heteroatoms. The molecule has 0 amide bonds. The van der Waals surface area contributed by atoms with Gasteiger partial charge in [-0.1, -0.05) is 83.4 Å². The van der Waals surface area contributed by atoms with E-state index in [-0.39, 0.29) is 0 Å². The van der Waals surface area contributed by atoms with Gasteiger partial charge in [-0.15, -0.1) is 0 Å². The predicted molar refractivity (Wildman–Crippen MR) is 112 cm³/mol. The number of allylic oxidation sites excluding steroid dienone is 2. The molecule has 2 aromatic carbocycles. The summed E-state index contributed by atoms with van der Waals surface area (Å²) in [5.74, 6) is 1.63. The Hall–Kier alpha value is -1.60. The van der Waals surface area contributed by atoms with Crippen molar-refractivity contribution >= 4 is 28.1 Å². The summed E-state index contributed by atoms with van der Waals surface area (Å²) in [4.78, 5) is 0. The van der Waals surface area contributed by atoms with Crippen molar-refractivity contribution in [1.82, 2.24) is 0 Å². The molecule has 0 N–H and O–H groups in total. The lowest BCUT2D eigenvalue weighted by Gasteiger charge is -2.22. The molecule has 0 aliphatic heterocycles. The van der Waals surface area contributed by atoms with Crippen LogP contribution in [0.15, 0.2) is 52.0 Å². The van der Waals surface area contributed by atoms with Crippen LogP contribution in [0, 0.1) is 0 Å². The average Bonchev–Trinajstić information content (AvgIpc) is 3.06. The van der Waals surface area contributed by atoms with Gasteiger partial charge >= 0.3 is 0 Å². The summed E-state index contributed by atoms with van der Waals surface area (Å²) >= 11 is 3.72. The third-order valence-electron chi connectivity index (χ3n) is 5.95. The number of rotatable bonds is 3. The first kappa shape index (κ1) is 16.8. The number of hydrogen-bond acceptors (Lipinski definition) is 0. The molecule has 2 atom stereocenters. The Balaban J connectivity index is 1.71. The molecule has 0 heterocycles. The largest absolute Gasteiger partial charge is 0.0652 e. The van der Waals surface area contributed by atoms with Crippen molar-refractivity contribution in [3.8, 4) is 0 Å². The topological polar surface area (TPSA) is 0 Å². The Kier molecular flexibility index (Phi) is 4.24. The van der Waals surface area contributed by atoms with Crippen molar-refractivity contribution in [2.75, 3.05) is 0 Å². The molecule has 0 radical (unpaired) electrons. The smallest absolute Gasteiger partial charge is 0.0250 e. The minimum atomic E-state index is 0.523. The van der Waals surface area contributed by atoms with E-state index in [9.17, 15) is 0 Å². The summed E-state index contributed by atoms with van der Waals surface area (Å²) in [5.41, 5.74) is 10.4. The molecule has 128 valence electrons. The van der Waals surface area contributed by atoms with Crippen molar-refractivity contribution < 1.29 is 0 Å². The van der Waals surface area contributed by atoms with Crippen molar-refractivity contribution in [2.45, 2.75) is 51.9 Å². The molecule has 0 spiro atoms. The Morgan fingerprint density at radius 1 is 0.840 bits per heavy atom. The summed E-state index contributed by atoms with van der Waals surface area (Å²) in [6, 6.07) is 13.5. The quantitative estimate of drug-likeness (QED) is 0.502. The second kappa shape index (κ2) is 6.29. The molecule has 0 saturated carbocycles. The fourth-order valence-electron chi connectivity index (χ4n) is 4.59. The van der Waals surface area contributed by atoms with Crippen molar-refractivity contribution in [2.24, 2.45) is 0 Å². The lowest BCUT2D eigenvalue weighted by Crippen LogP contribution is -2.06. The SMILES string of the molecule is CC1=Cc2c(Br)cccc2C1CC1C(C)=Cc2c(C(C)C)cccc21. The van der Waals surface area contributed by atoms with Gasteiger partial charge in [-0.2, -0.15) is 0 Å². The van der Waals surface area contributed by atoms with E-state index in [0.29, 0.717) is 17.8 Å². The van der Waals surface area contributed by atoms with Gasteiger partial charge in [0.05, 0.1) is 0 Å². The van der Waals surface area contributed by atoms with E-state index in [1.165, 1.54) is 49.9 Å². The number of fused-ring (bicyclic) bond motifs is 2. The lowest BCUT2D eigenvalue weighted by atomic mass is 9.81. The van der Waals surface area contributed by atoms with Crippen LogP contribution in [0.2, 0.25) is 0 Å². The van der Waals surface area contributed by atoms with Gasteiger partial charge in [0.15, 0.2) is 0 Å². The highest BCUT2D eigenvalue weighted by atomic mass is 79.9. The summed E-state index contributed by atoms with van der Waals surface area (Å²) < 4.78 is 1.22. The molecule has 4 rings (SSSR count). The minimum absolute atomic E-state index is 0.523. The monoisotopic (exact) mass is 392 g/mol. The minimum Gasteiger partial charge on any atom is -0.0652 e. The Morgan fingerprint density at radius 3 is 2.04 bits per heavy atom. The van der Waals surface area contributed by atoms with E-state index in [2.05, 4.69) is 92.2 Å². The number of hydrogen-bond donors (Lipinski definition) is 0. The van der Waals surface area contributed by atoms with Gasteiger partial charge in [-0.05, 0) is 60.1 Å². The highest BCUT2D eigenvalue weighted by Crippen LogP contribution is 2.49. The van der Waals surface area contributed by atoms with Gasteiger partial charge in [0, 0.05) is 16.3 Å². The second-order valence-corrected chi connectivity index (χ2v) is 8.72. The van der Waals surface area contributed by atoms with E-state index in [4.69, 9.17) is 0 Å². The lowest BCUT2D eigenvalue weighted by molar-refractivity contribution is 0.641. The first-order valence-corrected chi connectivity index (χ1v) is 10.0. The molecule has 2 unspecified atom stereocenters. The van der Waals surface area contributed by atoms with E-state index >= 15 is 0 Å². The third-order valence-corrected chi connectivity index (χ3v) is 6.64. The van der Waals surface area contributed by atoms with Crippen LogP contribution in [-0.2, 0) is 0 Å². The average molecular weight is 393 g/mol. The van der Waals surface area contributed by atoms with Crippen LogP contribution in [0.25, 0.3) is 12.2 Å². The highest BCUT2D eigenvalue weighted by Gasteiger charge is 2.31. The molecule has 0 nitrogen and oxygen atoms in total. The molecular weight excluding hydrogens is 368 g/mol. The van der Waals surface area contributed by atoms with Gasteiger partial charge in [-0.25, -0.2) is 0 Å². The van der Waals surface area contributed by atoms with Crippen LogP contribution in [0.5, 0.6) is 0 Å². The second-order valence-electron chi connectivity index (χ2n) is 7.87. The maximum Gasteiger partial charge on any atom is 0.0250 e. The molecule has 2 aliphatic rings. The first-order valence-electron chi connectivity index (χ1n) is 9.25. The third kappa shape index (κ3) is 2.73. The van der Waals surface area contributed by atoms with E-state index in [0.717, 1.165) is 0 Å². The van der Waals surface area contributed by atoms with E-state index in [1.807, 2.05) is 0 Å². The highest BCUT2D eigenvalue weighted by molar-refractivity contribution is 9.10. The predicted octanol–water partition coefficient (Wildman–Crippen LogP) is 7.66. The fraction of sp³-hybridized carbons (Fsp3) is 0.333. The normalized spacial score (nSPS) is 21.2. The summed E-state index contributed by atoms with van der Waals surface area (Å²) in [6.07, 6.45) is 5.97. The first-order chi connectivity index (χ1) is 12.0. The van der Waals surface area contributed by atoms with Crippen LogP contribution in [-0.4, -0.2) is 0 Å². The standard InChI is InChI=1S/C24H25Br/c1-14(2)17-7-5-8-18-20(15(3)11-22(17)18)13-21-16(4)12-23-19(21)9-6-10-24(23)25/h5-12,14,20-21H,13H2,1-4H3.